The SMILES string of the molecule is COC[C@@H](Oc1cc(C[C@@H]2C[S@](=O)C[C@H](N)[C@H]2O)cc(F)c1[N+](=O)[O-])C(F)(F)F. The number of aliphatic hydroxyl groups is 1. The molecule has 0 radical (unpaired) electrons. The summed E-state index contributed by atoms with van der Waals surface area (Å²) in [6.07, 6.45) is -8.64. The molecule has 1 aromatic carbocycles. The number of nitrogens with zero attached hydrogens (tertiary/aromatic N) is 1. The molecule has 0 amide bonds. The third kappa shape index (κ3) is 5.84. The summed E-state index contributed by atoms with van der Waals surface area (Å²) in [6, 6.07) is 0.912. The molecule has 1 heterocycles. The molecule has 1 aliphatic heterocycles. The van der Waals surface area contributed by atoms with Gasteiger partial charge in [0.2, 0.25) is 17.7 Å². The van der Waals surface area contributed by atoms with Crippen LogP contribution in [0.1, 0.15) is 5.56 Å². The van der Waals surface area contributed by atoms with Crippen molar-refractivity contribution in [3.8, 4) is 5.75 Å². The summed E-state index contributed by atoms with van der Waals surface area (Å²) >= 11 is 0. The number of benzene rings is 1. The zero-order valence-corrected chi connectivity index (χ0v) is 16.0. The average molecular weight is 444 g/mol. The van der Waals surface area contributed by atoms with E-state index in [1.807, 2.05) is 0 Å². The van der Waals surface area contributed by atoms with Gasteiger partial charge in [0.05, 0.1) is 17.6 Å². The molecule has 1 fully saturated rings. The Morgan fingerprint density at radius 1 is 1.41 bits per heavy atom. The molecule has 0 unspecified atom stereocenters. The van der Waals surface area contributed by atoms with E-state index in [1.54, 1.807) is 0 Å². The van der Waals surface area contributed by atoms with Gasteiger partial charge in [-0.2, -0.15) is 17.6 Å². The number of nitrogens with two attached hydrogens (primary N) is 1. The van der Waals surface area contributed by atoms with Crippen molar-refractivity contribution in [2.75, 3.05) is 25.2 Å². The van der Waals surface area contributed by atoms with Gasteiger partial charge in [-0.3, -0.25) is 14.3 Å². The van der Waals surface area contributed by atoms with Crippen LogP contribution >= 0.6 is 0 Å². The van der Waals surface area contributed by atoms with Crippen molar-refractivity contribution in [2.24, 2.45) is 11.7 Å². The summed E-state index contributed by atoms with van der Waals surface area (Å²) in [5.41, 5.74) is 4.51. The summed E-state index contributed by atoms with van der Waals surface area (Å²) in [4.78, 5) is 9.96. The normalized spacial score (nSPS) is 26.2. The van der Waals surface area contributed by atoms with E-state index < -0.39 is 69.9 Å². The number of nitro groups is 1. The molecule has 1 saturated heterocycles. The number of hydrogen-bond acceptors (Lipinski definition) is 7. The van der Waals surface area contributed by atoms with Crippen molar-refractivity contribution < 1.29 is 41.3 Å². The highest BCUT2D eigenvalue weighted by Crippen LogP contribution is 2.36. The summed E-state index contributed by atoms with van der Waals surface area (Å²) in [6.45, 7) is -0.957. The predicted molar refractivity (Wildman–Crippen MR) is 94.5 cm³/mol. The molecule has 5 atom stereocenters. The Morgan fingerprint density at radius 3 is 2.62 bits per heavy atom. The smallest absolute Gasteiger partial charge is 0.427 e. The van der Waals surface area contributed by atoms with Crippen LogP contribution in [-0.2, 0) is 22.0 Å². The molecular weight excluding hydrogens is 424 g/mol. The summed E-state index contributed by atoms with van der Waals surface area (Å²) in [5, 5.41) is 21.3. The van der Waals surface area contributed by atoms with Gasteiger partial charge < -0.3 is 20.3 Å². The second-order valence-electron chi connectivity index (χ2n) is 6.68. The highest BCUT2D eigenvalue weighted by molar-refractivity contribution is 7.85. The number of nitro benzene ring substituents is 1. The van der Waals surface area contributed by atoms with Gasteiger partial charge in [-0.1, -0.05) is 0 Å². The topological polar surface area (TPSA) is 125 Å². The average Bonchev–Trinajstić information content (AvgIpc) is 2.57. The van der Waals surface area contributed by atoms with E-state index in [0.717, 1.165) is 19.2 Å². The van der Waals surface area contributed by atoms with Crippen molar-refractivity contribution in [2.45, 2.75) is 30.8 Å². The number of halogens is 4. The fraction of sp³-hybridized carbons (Fsp3) is 0.625. The molecule has 164 valence electrons. The maximum absolute atomic E-state index is 14.3. The Morgan fingerprint density at radius 2 is 2.07 bits per heavy atom. The molecule has 13 heteroatoms. The highest BCUT2D eigenvalue weighted by Gasteiger charge is 2.43. The van der Waals surface area contributed by atoms with Crippen LogP contribution in [0.15, 0.2) is 12.1 Å². The first-order chi connectivity index (χ1) is 13.4. The van der Waals surface area contributed by atoms with Crippen LogP contribution in [0.2, 0.25) is 0 Å². The standard InChI is InChI=1S/C16H20F4N2O6S/c1-27-5-13(16(18,19)20)28-12-4-8(3-10(17)14(12)22(24)25)2-9-6-29(26)7-11(21)15(9)23/h3-4,9,11,13,15,23H,2,5-7,21H2,1H3/t9-,11+,13-,15+,29+/m1/s1. The lowest BCUT2D eigenvalue weighted by Crippen LogP contribution is -2.50. The van der Waals surface area contributed by atoms with E-state index in [0.29, 0.717) is 0 Å². The van der Waals surface area contributed by atoms with Gasteiger partial charge in [0.25, 0.3) is 0 Å². The fourth-order valence-electron chi connectivity index (χ4n) is 3.06. The second kappa shape index (κ2) is 9.32. The first-order valence-corrected chi connectivity index (χ1v) is 9.90. The molecule has 0 aromatic heterocycles. The summed E-state index contributed by atoms with van der Waals surface area (Å²) in [5.74, 6) is -2.83. The Kier molecular flexibility index (Phi) is 7.54. The minimum absolute atomic E-state index is 0.0385. The molecule has 2 rings (SSSR count). The first-order valence-electron chi connectivity index (χ1n) is 8.41. The molecule has 0 aliphatic carbocycles. The molecule has 3 N–H and O–H groups in total. The second-order valence-corrected chi connectivity index (χ2v) is 8.22. The maximum Gasteiger partial charge on any atom is 0.427 e. The van der Waals surface area contributed by atoms with Crippen molar-refractivity contribution in [1.82, 2.24) is 0 Å². The van der Waals surface area contributed by atoms with Gasteiger partial charge in [0.1, 0.15) is 0 Å². The van der Waals surface area contributed by atoms with Crippen LogP contribution in [0.3, 0.4) is 0 Å². The molecule has 0 bridgehead atoms. The van der Waals surface area contributed by atoms with E-state index in [1.165, 1.54) is 0 Å². The number of methoxy groups -OCH3 is 1. The van der Waals surface area contributed by atoms with Crippen molar-refractivity contribution >= 4 is 16.5 Å². The van der Waals surface area contributed by atoms with E-state index in [-0.39, 0.29) is 23.5 Å². The predicted octanol–water partition coefficient (Wildman–Crippen LogP) is 1.30. The summed E-state index contributed by atoms with van der Waals surface area (Å²) in [7, 11) is -0.337. The quantitative estimate of drug-likeness (QED) is 0.369. The lowest BCUT2D eigenvalue weighted by atomic mass is 9.91. The molecule has 0 spiro atoms. The van der Waals surface area contributed by atoms with E-state index >= 15 is 0 Å². The molecule has 8 nitrogen and oxygen atoms in total. The van der Waals surface area contributed by atoms with Crippen LogP contribution in [0.25, 0.3) is 0 Å². The highest BCUT2D eigenvalue weighted by atomic mass is 32.2. The Bertz CT molecular complexity index is 779. The largest absolute Gasteiger partial charge is 0.471 e. The molecule has 29 heavy (non-hydrogen) atoms. The van der Waals surface area contributed by atoms with Crippen LogP contribution in [0.5, 0.6) is 5.75 Å². The van der Waals surface area contributed by atoms with E-state index in [9.17, 15) is 37.0 Å². The van der Waals surface area contributed by atoms with Gasteiger partial charge in [0.15, 0.2) is 0 Å². The Balaban J connectivity index is 2.38. The van der Waals surface area contributed by atoms with E-state index in [4.69, 9.17) is 10.5 Å². The van der Waals surface area contributed by atoms with Crippen molar-refractivity contribution in [3.05, 3.63) is 33.6 Å². The molecule has 0 saturated carbocycles. The fourth-order valence-corrected chi connectivity index (χ4v) is 4.62. The van der Waals surface area contributed by atoms with Gasteiger partial charge in [-0.05, 0) is 24.1 Å². The van der Waals surface area contributed by atoms with E-state index in [2.05, 4.69) is 4.74 Å². The third-order valence-electron chi connectivity index (χ3n) is 4.42. The van der Waals surface area contributed by atoms with Crippen LogP contribution in [0, 0.1) is 21.8 Å². The molecular formula is C16H20F4N2O6S. The number of alkyl halides is 3. The van der Waals surface area contributed by atoms with Gasteiger partial charge >= 0.3 is 11.9 Å². The first kappa shape index (κ1) is 23.4. The van der Waals surface area contributed by atoms with Crippen LogP contribution in [-0.4, -0.2) is 63.9 Å². The van der Waals surface area contributed by atoms with Gasteiger partial charge in [-0.15, -0.1) is 0 Å². The third-order valence-corrected chi connectivity index (χ3v) is 5.98. The minimum Gasteiger partial charge on any atom is -0.471 e. The molecule has 1 aliphatic rings. The number of ether oxygens (including phenoxy) is 2. The molecule has 1 aromatic rings. The van der Waals surface area contributed by atoms with Crippen molar-refractivity contribution in [1.29, 1.82) is 0 Å². The van der Waals surface area contributed by atoms with Crippen molar-refractivity contribution in [3.63, 3.8) is 0 Å². The lowest BCUT2D eigenvalue weighted by molar-refractivity contribution is -0.389. The lowest BCUT2D eigenvalue weighted by Gasteiger charge is -2.32. The number of hydrogen-bond donors (Lipinski definition) is 2. The monoisotopic (exact) mass is 444 g/mol. The number of aliphatic hydroxyl groups excluding tert-OH is 1. The summed E-state index contributed by atoms with van der Waals surface area (Å²) < 4.78 is 74.5. The maximum atomic E-state index is 14.3. The van der Waals surface area contributed by atoms with Crippen LogP contribution < -0.4 is 10.5 Å². The Hall–Kier alpha value is -1.83. The van der Waals surface area contributed by atoms with Gasteiger partial charge in [0, 0.05) is 41.4 Å². The Labute approximate surface area is 165 Å². The zero-order chi connectivity index (χ0) is 21.9. The minimum atomic E-state index is -4.92. The van der Waals surface area contributed by atoms with Crippen LogP contribution in [0.4, 0.5) is 23.2 Å². The number of rotatable bonds is 7. The zero-order valence-electron chi connectivity index (χ0n) is 15.2. The van der Waals surface area contributed by atoms with Gasteiger partial charge in [-0.25, -0.2) is 0 Å².